The molecule has 4 nitrogen and oxygen atoms in total. The van der Waals surface area contributed by atoms with Gasteiger partial charge in [-0.1, -0.05) is 25.7 Å². The van der Waals surface area contributed by atoms with Crippen molar-refractivity contribution in [1.29, 1.82) is 0 Å². The summed E-state index contributed by atoms with van der Waals surface area (Å²) in [6.07, 6.45) is 10.9. The molecule has 124 valence electrons. The molecule has 4 atom stereocenters. The van der Waals surface area contributed by atoms with Crippen LogP contribution in [-0.2, 0) is 9.59 Å². The highest BCUT2D eigenvalue weighted by Crippen LogP contribution is 2.49. The number of nitrogens with one attached hydrogen (secondary N) is 1. The maximum Gasteiger partial charge on any atom is 0.311 e. The van der Waals surface area contributed by atoms with Crippen LogP contribution in [-0.4, -0.2) is 35.8 Å². The highest BCUT2D eigenvalue weighted by molar-refractivity contribution is 6.35. The smallest absolute Gasteiger partial charge is 0.311 e. The Morgan fingerprint density at radius 1 is 1.05 bits per heavy atom. The summed E-state index contributed by atoms with van der Waals surface area (Å²) in [6.45, 7) is 2.08. The topological polar surface area (TPSA) is 49.4 Å². The van der Waals surface area contributed by atoms with Gasteiger partial charge in [-0.05, 0) is 56.8 Å². The molecule has 3 aliphatic carbocycles. The predicted octanol–water partition coefficient (Wildman–Crippen LogP) is 2.72. The van der Waals surface area contributed by atoms with Gasteiger partial charge >= 0.3 is 11.8 Å². The molecule has 3 rings (SSSR count). The molecule has 3 saturated carbocycles. The van der Waals surface area contributed by atoms with Crippen LogP contribution in [0.3, 0.4) is 0 Å². The van der Waals surface area contributed by atoms with Crippen molar-refractivity contribution in [2.45, 2.75) is 76.8 Å². The number of carbonyl (C=O) groups is 2. The van der Waals surface area contributed by atoms with Crippen LogP contribution in [0.5, 0.6) is 0 Å². The second-order valence-electron chi connectivity index (χ2n) is 7.81. The molecule has 0 saturated heterocycles. The van der Waals surface area contributed by atoms with E-state index >= 15 is 0 Å². The average molecular weight is 306 g/mol. The third kappa shape index (κ3) is 3.16. The first-order chi connectivity index (χ1) is 10.6. The van der Waals surface area contributed by atoms with E-state index in [9.17, 15) is 9.59 Å². The van der Waals surface area contributed by atoms with Crippen LogP contribution in [0.2, 0.25) is 0 Å². The minimum Gasteiger partial charge on any atom is -0.345 e. The van der Waals surface area contributed by atoms with Crippen molar-refractivity contribution in [3.8, 4) is 0 Å². The fraction of sp³-hybridized carbons (Fsp3) is 0.889. The van der Waals surface area contributed by atoms with Crippen LogP contribution in [0.1, 0.15) is 64.7 Å². The van der Waals surface area contributed by atoms with Crippen LogP contribution in [0, 0.1) is 17.8 Å². The lowest BCUT2D eigenvalue weighted by Gasteiger charge is -2.32. The van der Waals surface area contributed by atoms with E-state index in [1.807, 2.05) is 0 Å². The monoisotopic (exact) mass is 306 g/mol. The molecule has 2 amide bonds. The first kappa shape index (κ1) is 15.8. The van der Waals surface area contributed by atoms with Crippen LogP contribution in [0.4, 0.5) is 0 Å². The molecule has 2 bridgehead atoms. The number of hydrogen-bond acceptors (Lipinski definition) is 2. The maximum atomic E-state index is 12.4. The third-order valence-electron chi connectivity index (χ3n) is 6.43. The average Bonchev–Trinajstić information content (AvgIpc) is 3.17. The first-order valence-corrected chi connectivity index (χ1v) is 9.14. The fourth-order valence-corrected chi connectivity index (χ4v) is 5.08. The quantitative estimate of drug-likeness (QED) is 0.815. The van der Waals surface area contributed by atoms with Gasteiger partial charge in [-0.15, -0.1) is 0 Å². The second-order valence-corrected chi connectivity index (χ2v) is 7.81. The van der Waals surface area contributed by atoms with E-state index in [1.165, 1.54) is 44.9 Å². The molecule has 0 spiro atoms. The Morgan fingerprint density at radius 2 is 1.77 bits per heavy atom. The summed E-state index contributed by atoms with van der Waals surface area (Å²) in [5, 5.41) is 3.00. The van der Waals surface area contributed by atoms with Gasteiger partial charge in [0, 0.05) is 19.1 Å². The molecule has 0 heterocycles. The van der Waals surface area contributed by atoms with Gasteiger partial charge in [0.15, 0.2) is 0 Å². The Morgan fingerprint density at radius 3 is 2.36 bits per heavy atom. The summed E-state index contributed by atoms with van der Waals surface area (Å²) in [5.74, 6) is 1.47. The van der Waals surface area contributed by atoms with Crippen molar-refractivity contribution in [3.63, 3.8) is 0 Å². The van der Waals surface area contributed by atoms with Crippen molar-refractivity contribution in [3.05, 3.63) is 0 Å². The molecule has 4 heteroatoms. The molecule has 3 aliphatic rings. The Labute approximate surface area is 134 Å². The third-order valence-corrected chi connectivity index (χ3v) is 6.43. The van der Waals surface area contributed by atoms with Gasteiger partial charge in [-0.2, -0.15) is 0 Å². The van der Waals surface area contributed by atoms with E-state index in [0.717, 1.165) is 24.7 Å². The van der Waals surface area contributed by atoms with Gasteiger partial charge in [0.2, 0.25) is 0 Å². The maximum absolute atomic E-state index is 12.4. The molecule has 0 aromatic carbocycles. The van der Waals surface area contributed by atoms with Gasteiger partial charge < -0.3 is 10.2 Å². The normalized spacial score (nSPS) is 32.7. The zero-order valence-corrected chi connectivity index (χ0v) is 14.0. The molecule has 22 heavy (non-hydrogen) atoms. The van der Waals surface area contributed by atoms with Crippen molar-refractivity contribution in [2.24, 2.45) is 17.8 Å². The van der Waals surface area contributed by atoms with E-state index in [2.05, 4.69) is 12.2 Å². The Bertz CT molecular complexity index is 431. The van der Waals surface area contributed by atoms with E-state index in [1.54, 1.807) is 11.9 Å². The van der Waals surface area contributed by atoms with Crippen molar-refractivity contribution >= 4 is 11.8 Å². The standard InChI is InChI=1S/C18H30N2O2/c1-12(16-11-13-8-9-14(16)10-13)19-17(21)18(22)20(2)15-6-4-3-5-7-15/h12-16H,3-11H2,1-2H3,(H,19,21). The fourth-order valence-electron chi connectivity index (χ4n) is 5.08. The Hall–Kier alpha value is -1.06. The summed E-state index contributed by atoms with van der Waals surface area (Å²) < 4.78 is 0. The first-order valence-electron chi connectivity index (χ1n) is 9.14. The van der Waals surface area contributed by atoms with E-state index in [0.29, 0.717) is 5.92 Å². The molecule has 4 unspecified atom stereocenters. The van der Waals surface area contributed by atoms with E-state index in [4.69, 9.17) is 0 Å². The van der Waals surface area contributed by atoms with Crippen molar-refractivity contribution in [2.75, 3.05) is 7.05 Å². The molecule has 0 aliphatic heterocycles. The molecule has 3 fully saturated rings. The van der Waals surface area contributed by atoms with Crippen LogP contribution >= 0.6 is 0 Å². The molecular weight excluding hydrogens is 276 g/mol. The van der Waals surface area contributed by atoms with Crippen LogP contribution < -0.4 is 5.32 Å². The summed E-state index contributed by atoms with van der Waals surface area (Å²) in [5.41, 5.74) is 0. The summed E-state index contributed by atoms with van der Waals surface area (Å²) >= 11 is 0. The summed E-state index contributed by atoms with van der Waals surface area (Å²) in [7, 11) is 1.79. The highest BCUT2D eigenvalue weighted by Gasteiger charge is 2.42. The van der Waals surface area contributed by atoms with Gasteiger partial charge in [-0.25, -0.2) is 0 Å². The van der Waals surface area contributed by atoms with Gasteiger partial charge in [0.05, 0.1) is 0 Å². The summed E-state index contributed by atoms with van der Waals surface area (Å²) in [4.78, 5) is 26.3. The molecule has 0 radical (unpaired) electrons. The SMILES string of the molecule is CC(NC(=O)C(=O)N(C)C1CCCCC1)C1CC2CCC1C2. The van der Waals surface area contributed by atoms with Gasteiger partial charge in [0.25, 0.3) is 0 Å². The molecule has 0 aromatic rings. The second kappa shape index (κ2) is 6.59. The molecule has 0 aromatic heterocycles. The zero-order chi connectivity index (χ0) is 15.7. The molecule has 1 N–H and O–H groups in total. The van der Waals surface area contributed by atoms with Crippen LogP contribution in [0.15, 0.2) is 0 Å². The zero-order valence-electron chi connectivity index (χ0n) is 14.0. The number of fused-ring (bicyclic) bond motifs is 2. The number of hydrogen-bond donors (Lipinski definition) is 1. The number of carbonyl (C=O) groups excluding carboxylic acids is 2. The Kier molecular flexibility index (Phi) is 4.74. The largest absolute Gasteiger partial charge is 0.345 e. The highest BCUT2D eigenvalue weighted by atomic mass is 16.2. The van der Waals surface area contributed by atoms with Gasteiger partial charge in [-0.3, -0.25) is 9.59 Å². The number of nitrogens with zero attached hydrogens (tertiary/aromatic N) is 1. The number of rotatable bonds is 3. The van der Waals surface area contributed by atoms with Gasteiger partial charge in [0.1, 0.15) is 0 Å². The lowest BCUT2D eigenvalue weighted by molar-refractivity contribution is -0.147. The van der Waals surface area contributed by atoms with E-state index < -0.39 is 5.91 Å². The van der Waals surface area contributed by atoms with Crippen LogP contribution in [0.25, 0.3) is 0 Å². The molecular formula is C18H30N2O2. The Balaban J connectivity index is 1.51. The number of likely N-dealkylation sites (N-methyl/N-ethyl adjacent to an activating group) is 1. The lowest BCUT2D eigenvalue weighted by atomic mass is 9.84. The van der Waals surface area contributed by atoms with Crippen molar-refractivity contribution < 1.29 is 9.59 Å². The van der Waals surface area contributed by atoms with E-state index in [-0.39, 0.29) is 18.0 Å². The predicted molar refractivity (Wildman–Crippen MR) is 86.2 cm³/mol. The summed E-state index contributed by atoms with van der Waals surface area (Å²) in [6, 6.07) is 0.385. The minimum absolute atomic E-state index is 0.131. The minimum atomic E-state index is -0.400. The lowest BCUT2D eigenvalue weighted by Crippen LogP contribution is -2.50. The number of amides is 2. The van der Waals surface area contributed by atoms with Crippen molar-refractivity contribution in [1.82, 2.24) is 10.2 Å².